The molecule has 1 aromatic heterocycles. The van der Waals surface area contributed by atoms with Gasteiger partial charge in [0, 0.05) is 17.3 Å². The molecule has 1 amide bonds. The summed E-state index contributed by atoms with van der Waals surface area (Å²) in [4.78, 5) is 13.0. The van der Waals surface area contributed by atoms with E-state index in [0.717, 1.165) is 22.8 Å². The zero-order valence-electron chi connectivity index (χ0n) is 13.1. The fraction of sp³-hybridized carbons (Fsp3) is 0.118. The highest BCUT2D eigenvalue weighted by atomic mass is 32.1. The van der Waals surface area contributed by atoms with E-state index in [4.69, 9.17) is 9.47 Å². The van der Waals surface area contributed by atoms with E-state index in [0.29, 0.717) is 22.0 Å². The van der Waals surface area contributed by atoms with Crippen LogP contribution < -0.4 is 14.8 Å². The maximum absolute atomic E-state index is 12.5. The third-order valence-electron chi connectivity index (χ3n) is 3.39. The number of methoxy groups -OCH3 is 2. The lowest BCUT2D eigenvalue weighted by atomic mass is 10.1. The predicted octanol–water partition coefficient (Wildman–Crippen LogP) is 3.47. The minimum absolute atomic E-state index is 0.260. The van der Waals surface area contributed by atoms with Gasteiger partial charge in [-0.05, 0) is 47.9 Å². The second-order valence-electron chi connectivity index (χ2n) is 4.87. The summed E-state index contributed by atoms with van der Waals surface area (Å²) in [6.07, 6.45) is 0. The Kier molecular flexibility index (Phi) is 4.72. The fourth-order valence-corrected chi connectivity index (χ4v) is 2.75. The second kappa shape index (κ2) is 7.10. The van der Waals surface area contributed by atoms with Crippen molar-refractivity contribution in [3.05, 3.63) is 53.4 Å². The van der Waals surface area contributed by atoms with Crippen LogP contribution in [-0.4, -0.2) is 29.7 Å². The van der Waals surface area contributed by atoms with Crippen molar-refractivity contribution >= 4 is 23.1 Å². The Hall–Kier alpha value is -2.93. The van der Waals surface area contributed by atoms with Crippen LogP contribution in [0.5, 0.6) is 11.5 Å². The molecule has 0 fully saturated rings. The van der Waals surface area contributed by atoms with Crippen LogP contribution in [-0.2, 0) is 0 Å². The molecular formula is C17H15N3O3S. The van der Waals surface area contributed by atoms with Crippen molar-refractivity contribution in [3.63, 3.8) is 0 Å². The van der Waals surface area contributed by atoms with E-state index in [1.165, 1.54) is 0 Å². The summed E-state index contributed by atoms with van der Waals surface area (Å²) < 4.78 is 14.2. The number of nitrogens with one attached hydrogen (secondary N) is 1. The lowest BCUT2D eigenvalue weighted by Crippen LogP contribution is -2.11. The molecule has 0 bridgehead atoms. The summed E-state index contributed by atoms with van der Waals surface area (Å²) in [5.41, 5.74) is 2.00. The normalized spacial score (nSPS) is 10.2. The smallest absolute Gasteiger partial charge is 0.269 e. The van der Waals surface area contributed by atoms with Crippen LogP contribution in [0.3, 0.4) is 0 Å². The second-order valence-corrected chi connectivity index (χ2v) is 5.62. The number of aromatic nitrogens is 2. The molecule has 0 atom stereocenters. The van der Waals surface area contributed by atoms with Crippen LogP contribution in [0.2, 0.25) is 0 Å². The number of anilines is 1. The Morgan fingerprint density at radius 2 is 1.79 bits per heavy atom. The first-order valence-corrected chi connectivity index (χ1v) is 7.91. The number of carbonyl (C=O) groups excluding carboxylic acids is 1. The largest absolute Gasteiger partial charge is 0.497 e. The van der Waals surface area contributed by atoms with Crippen LogP contribution >= 0.6 is 11.5 Å². The third-order valence-corrected chi connectivity index (χ3v) is 4.11. The van der Waals surface area contributed by atoms with Crippen molar-refractivity contribution in [2.24, 2.45) is 0 Å². The molecule has 7 heteroatoms. The number of hydrogen-bond acceptors (Lipinski definition) is 6. The number of nitrogens with zero attached hydrogens (tertiary/aromatic N) is 2. The molecule has 1 N–H and O–H groups in total. The van der Waals surface area contributed by atoms with E-state index in [-0.39, 0.29) is 5.91 Å². The first-order valence-electron chi connectivity index (χ1n) is 7.13. The summed E-state index contributed by atoms with van der Waals surface area (Å²) in [6, 6.07) is 14.5. The maximum atomic E-state index is 12.5. The first-order chi connectivity index (χ1) is 11.7. The van der Waals surface area contributed by atoms with Crippen molar-refractivity contribution in [1.82, 2.24) is 9.59 Å². The molecule has 122 valence electrons. The highest BCUT2D eigenvalue weighted by Crippen LogP contribution is 2.27. The van der Waals surface area contributed by atoms with Crippen molar-refractivity contribution in [2.45, 2.75) is 0 Å². The van der Waals surface area contributed by atoms with Crippen molar-refractivity contribution in [2.75, 3.05) is 19.5 Å². The van der Waals surface area contributed by atoms with Crippen LogP contribution in [0, 0.1) is 0 Å². The van der Waals surface area contributed by atoms with Gasteiger partial charge in [-0.2, -0.15) is 0 Å². The molecule has 0 radical (unpaired) electrons. The number of amides is 1. The van der Waals surface area contributed by atoms with Crippen LogP contribution in [0.25, 0.3) is 11.3 Å². The minimum Gasteiger partial charge on any atom is -0.497 e. The lowest BCUT2D eigenvalue weighted by molar-refractivity contribution is 0.103. The van der Waals surface area contributed by atoms with Gasteiger partial charge in [0.2, 0.25) is 0 Å². The quantitative estimate of drug-likeness (QED) is 0.769. The SMILES string of the molecule is COc1ccc(-c2nnsc2C(=O)Nc2cccc(OC)c2)cc1. The third kappa shape index (κ3) is 3.36. The molecule has 0 spiro atoms. The lowest BCUT2D eigenvalue weighted by Gasteiger charge is -2.07. The van der Waals surface area contributed by atoms with Crippen molar-refractivity contribution < 1.29 is 14.3 Å². The zero-order valence-corrected chi connectivity index (χ0v) is 14.0. The summed E-state index contributed by atoms with van der Waals surface area (Å²) in [5, 5.41) is 6.92. The van der Waals surface area contributed by atoms with Gasteiger partial charge in [-0.3, -0.25) is 4.79 Å². The molecule has 6 nitrogen and oxygen atoms in total. The number of rotatable bonds is 5. The average molecular weight is 341 g/mol. The average Bonchev–Trinajstić information content (AvgIpc) is 3.12. The van der Waals surface area contributed by atoms with Crippen molar-refractivity contribution in [1.29, 1.82) is 0 Å². The van der Waals surface area contributed by atoms with Gasteiger partial charge in [0.05, 0.1) is 14.2 Å². The summed E-state index contributed by atoms with van der Waals surface area (Å²) in [7, 11) is 3.18. The van der Waals surface area contributed by atoms with E-state index >= 15 is 0 Å². The Labute approximate surface area is 143 Å². The van der Waals surface area contributed by atoms with Gasteiger partial charge in [-0.1, -0.05) is 10.6 Å². The summed E-state index contributed by atoms with van der Waals surface area (Å²) >= 11 is 1.06. The molecule has 1 heterocycles. The van der Waals surface area contributed by atoms with Gasteiger partial charge in [-0.25, -0.2) is 0 Å². The maximum Gasteiger partial charge on any atom is 0.269 e. The Morgan fingerprint density at radius 1 is 1.04 bits per heavy atom. The number of hydrogen-bond donors (Lipinski definition) is 1. The minimum atomic E-state index is -0.260. The van der Waals surface area contributed by atoms with Gasteiger partial charge in [-0.15, -0.1) is 5.10 Å². The van der Waals surface area contributed by atoms with Gasteiger partial charge in [0.25, 0.3) is 5.91 Å². The molecule has 3 aromatic rings. The Balaban J connectivity index is 1.84. The highest BCUT2D eigenvalue weighted by Gasteiger charge is 2.18. The number of benzene rings is 2. The Bertz CT molecular complexity index is 846. The monoisotopic (exact) mass is 341 g/mol. The van der Waals surface area contributed by atoms with Gasteiger partial charge < -0.3 is 14.8 Å². The standard InChI is InChI=1S/C17H15N3O3S/c1-22-13-8-6-11(7-9-13)15-16(24-20-19-15)17(21)18-12-4-3-5-14(10-12)23-2/h3-10H,1-2H3,(H,18,21). The molecule has 24 heavy (non-hydrogen) atoms. The molecule has 0 aliphatic rings. The van der Waals surface area contributed by atoms with E-state index in [1.807, 2.05) is 36.4 Å². The van der Waals surface area contributed by atoms with Crippen molar-refractivity contribution in [3.8, 4) is 22.8 Å². The van der Waals surface area contributed by atoms with Crippen LogP contribution in [0.15, 0.2) is 48.5 Å². The molecule has 0 saturated heterocycles. The molecule has 3 rings (SSSR count). The number of ether oxygens (including phenoxy) is 2. The molecule has 2 aromatic carbocycles. The Morgan fingerprint density at radius 3 is 2.50 bits per heavy atom. The summed E-state index contributed by atoms with van der Waals surface area (Å²) in [5.74, 6) is 1.15. The number of carbonyl (C=O) groups is 1. The molecule has 0 saturated carbocycles. The van der Waals surface area contributed by atoms with Crippen LogP contribution in [0.1, 0.15) is 9.67 Å². The predicted molar refractivity (Wildman–Crippen MR) is 92.8 cm³/mol. The fourth-order valence-electron chi connectivity index (χ4n) is 2.17. The van der Waals surface area contributed by atoms with E-state index in [2.05, 4.69) is 14.9 Å². The van der Waals surface area contributed by atoms with E-state index in [1.54, 1.807) is 26.4 Å². The topological polar surface area (TPSA) is 73.3 Å². The summed E-state index contributed by atoms with van der Waals surface area (Å²) in [6.45, 7) is 0. The van der Waals surface area contributed by atoms with Gasteiger partial charge in [0.1, 0.15) is 22.1 Å². The van der Waals surface area contributed by atoms with Crippen LogP contribution in [0.4, 0.5) is 5.69 Å². The molecular weight excluding hydrogens is 326 g/mol. The zero-order chi connectivity index (χ0) is 16.9. The van der Waals surface area contributed by atoms with E-state index in [9.17, 15) is 4.79 Å². The molecule has 0 aliphatic carbocycles. The first kappa shape index (κ1) is 15.9. The van der Waals surface area contributed by atoms with Gasteiger partial charge >= 0.3 is 0 Å². The van der Waals surface area contributed by atoms with E-state index < -0.39 is 0 Å². The highest BCUT2D eigenvalue weighted by molar-refractivity contribution is 7.08. The molecule has 0 unspecified atom stereocenters. The molecule has 0 aliphatic heterocycles. The van der Waals surface area contributed by atoms with Gasteiger partial charge in [0.15, 0.2) is 0 Å².